The first-order valence-corrected chi connectivity index (χ1v) is 10.5. The van der Waals surface area contributed by atoms with Crippen LogP contribution in [0.25, 0.3) is 0 Å². The number of esters is 1. The van der Waals surface area contributed by atoms with Gasteiger partial charge in [-0.3, -0.25) is 4.79 Å². The molecule has 5 nitrogen and oxygen atoms in total. The molecule has 0 spiro atoms. The van der Waals surface area contributed by atoms with Crippen molar-refractivity contribution in [2.75, 3.05) is 27.9 Å². The van der Waals surface area contributed by atoms with E-state index in [9.17, 15) is 4.79 Å². The third-order valence-electron chi connectivity index (χ3n) is 3.91. The van der Waals surface area contributed by atoms with Crippen LogP contribution in [0.2, 0.25) is 6.04 Å². The van der Waals surface area contributed by atoms with Crippen LogP contribution in [0.5, 0.6) is 0 Å². The third kappa shape index (κ3) is 11.5. The van der Waals surface area contributed by atoms with Crippen LogP contribution in [0, 0.1) is 0 Å². The topological polar surface area (TPSA) is 54.0 Å². The molecule has 0 unspecified atom stereocenters. The van der Waals surface area contributed by atoms with Gasteiger partial charge in [-0.2, -0.15) is 0 Å². The van der Waals surface area contributed by atoms with Gasteiger partial charge in [-0.25, -0.2) is 0 Å². The lowest BCUT2D eigenvalue weighted by atomic mass is 10.1. The van der Waals surface area contributed by atoms with Crippen molar-refractivity contribution in [1.29, 1.82) is 0 Å². The molecule has 6 heteroatoms. The summed E-state index contributed by atoms with van der Waals surface area (Å²) in [7, 11) is 2.60. The Hall–Kier alpha value is -0.693. The van der Waals surface area contributed by atoms with Crippen molar-refractivity contribution in [2.24, 2.45) is 0 Å². The number of carbonyl (C=O) groups excluding carboxylic acids is 1. The van der Waals surface area contributed by atoms with Crippen molar-refractivity contribution in [1.82, 2.24) is 0 Å². The summed E-state index contributed by atoms with van der Waals surface area (Å²) in [5, 5.41) is 0. The number of unbranched alkanes of at least 4 members (excludes halogenated alkanes) is 7. The van der Waals surface area contributed by atoms with Crippen LogP contribution in [0.3, 0.4) is 0 Å². The molecule has 0 atom stereocenters. The minimum absolute atomic E-state index is 0.119. The number of hydrogen-bond acceptors (Lipinski definition) is 5. The van der Waals surface area contributed by atoms with E-state index in [1.54, 1.807) is 27.4 Å². The molecule has 0 fully saturated rings. The summed E-state index contributed by atoms with van der Waals surface area (Å²) in [5.41, 5.74) is 0. The molecule has 136 valence electrons. The molecule has 0 bridgehead atoms. The molecule has 0 aliphatic rings. The van der Waals surface area contributed by atoms with E-state index in [0.717, 1.165) is 25.3 Å². The van der Waals surface area contributed by atoms with E-state index in [-0.39, 0.29) is 5.97 Å². The molecule has 0 aliphatic heterocycles. The summed E-state index contributed by atoms with van der Waals surface area (Å²) in [6.45, 7) is 3.83. The highest BCUT2D eigenvalue weighted by atomic mass is 28.4. The Labute approximate surface area is 142 Å². The second-order valence-electron chi connectivity index (χ2n) is 5.60. The fourth-order valence-electron chi connectivity index (χ4n) is 2.45. The summed E-state index contributed by atoms with van der Waals surface area (Å²) < 4.78 is 21.1. The Kier molecular flexibility index (Phi) is 14.4. The van der Waals surface area contributed by atoms with Crippen molar-refractivity contribution in [2.45, 2.75) is 63.8 Å². The molecule has 0 saturated heterocycles. The molecule has 0 aromatic carbocycles. The van der Waals surface area contributed by atoms with E-state index >= 15 is 0 Å². The quantitative estimate of drug-likeness (QED) is 0.182. The molecule has 0 heterocycles. The Balaban J connectivity index is 3.40. The monoisotopic (exact) mass is 346 g/mol. The Morgan fingerprint density at radius 2 is 1.35 bits per heavy atom. The maximum atomic E-state index is 11.3. The molecular formula is C17H34O5Si. The van der Waals surface area contributed by atoms with Gasteiger partial charge in [-0.05, 0) is 12.8 Å². The first kappa shape index (κ1) is 22.3. The second kappa shape index (κ2) is 14.9. The average Bonchev–Trinajstić information content (AvgIpc) is 2.58. The molecule has 0 aliphatic carbocycles. The number of hydrogen-bond donors (Lipinski definition) is 0. The van der Waals surface area contributed by atoms with Gasteiger partial charge in [0.25, 0.3) is 0 Å². The molecule has 0 radical (unpaired) electrons. The van der Waals surface area contributed by atoms with E-state index in [4.69, 9.17) is 18.0 Å². The van der Waals surface area contributed by atoms with Crippen LogP contribution in [-0.4, -0.2) is 42.7 Å². The van der Waals surface area contributed by atoms with Gasteiger partial charge < -0.3 is 18.0 Å². The zero-order chi connectivity index (χ0) is 17.4. The van der Waals surface area contributed by atoms with Crippen LogP contribution in [0.15, 0.2) is 12.7 Å². The standard InChI is InChI=1S/C17H34O5Si/c1-5-15-22-17(18)14-12-10-8-6-7-9-11-13-16-23(19-2,20-3)21-4/h5H,1,6-16H2,2-4H3. The van der Waals surface area contributed by atoms with E-state index < -0.39 is 8.80 Å². The van der Waals surface area contributed by atoms with Gasteiger partial charge in [0.1, 0.15) is 6.61 Å². The van der Waals surface area contributed by atoms with Crippen LogP contribution >= 0.6 is 0 Å². The van der Waals surface area contributed by atoms with Gasteiger partial charge in [0.05, 0.1) is 0 Å². The van der Waals surface area contributed by atoms with Gasteiger partial charge in [0.15, 0.2) is 0 Å². The SMILES string of the molecule is C=CCOC(=O)CCCCCCCCCC[Si](OC)(OC)OC. The van der Waals surface area contributed by atoms with Crippen molar-refractivity contribution in [3.8, 4) is 0 Å². The first-order valence-electron chi connectivity index (χ1n) is 8.56. The van der Waals surface area contributed by atoms with Gasteiger partial charge in [0, 0.05) is 33.8 Å². The van der Waals surface area contributed by atoms with Gasteiger partial charge in [-0.1, -0.05) is 51.2 Å². The van der Waals surface area contributed by atoms with Gasteiger partial charge in [-0.15, -0.1) is 0 Å². The summed E-state index contributed by atoms with van der Waals surface area (Å²) in [6, 6.07) is 0.878. The summed E-state index contributed by atoms with van der Waals surface area (Å²) in [4.78, 5) is 11.3. The van der Waals surface area contributed by atoms with Gasteiger partial charge in [0.2, 0.25) is 0 Å². The van der Waals surface area contributed by atoms with Crippen molar-refractivity contribution in [3.63, 3.8) is 0 Å². The molecular weight excluding hydrogens is 312 g/mol. The van der Waals surface area contributed by atoms with E-state index in [2.05, 4.69) is 6.58 Å². The van der Waals surface area contributed by atoms with Crippen molar-refractivity contribution >= 4 is 14.8 Å². The maximum Gasteiger partial charge on any atom is 0.500 e. The lowest BCUT2D eigenvalue weighted by Gasteiger charge is -2.24. The van der Waals surface area contributed by atoms with Crippen molar-refractivity contribution < 1.29 is 22.8 Å². The fraction of sp³-hybridized carbons (Fsp3) is 0.824. The Bertz CT molecular complexity index is 297. The summed E-state index contributed by atoms with van der Waals surface area (Å²) in [6.07, 6.45) is 11.3. The van der Waals surface area contributed by atoms with E-state index in [1.807, 2.05) is 0 Å². The summed E-state index contributed by atoms with van der Waals surface area (Å²) in [5.74, 6) is -0.119. The Morgan fingerprint density at radius 3 is 1.83 bits per heavy atom. The minimum Gasteiger partial charge on any atom is -0.461 e. The summed E-state index contributed by atoms with van der Waals surface area (Å²) >= 11 is 0. The average molecular weight is 347 g/mol. The molecule has 0 amide bonds. The fourth-order valence-corrected chi connectivity index (χ4v) is 4.25. The zero-order valence-electron chi connectivity index (χ0n) is 15.1. The van der Waals surface area contributed by atoms with Crippen LogP contribution in [0.1, 0.15) is 57.8 Å². The van der Waals surface area contributed by atoms with Gasteiger partial charge >= 0.3 is 14.8 Å². The predicted molar refractivity (Wildman–Crippen MR) is 94.3 cm³/mol. The number of ether oxygens (including phenoxy) is 1. The third-order valence-corrected chi connectivity index (χ3v) is 6.74. The maximum absolute atomic E-state index is 11.3. The van der Waals surface area contributed by atoms with Crippen LogP contribution in [-0.2, 0) is 22.8 Å². The number of carbonyl (C=O) groups is 1. The van der Waals surface area contributed by atoms with Crippen LogP contribution < -0.4 is 0 Å². The highest BCUT2D eigenvalue weighted by Crippen LogP contribution is 2.18. The zero-order valence-corrected chi connectivity index (χ0v) is 16.1. The molecule has 0 saturated carbocycles. The molecule has 23 heavy (non-hydrogen) atoms. The molecule has 0 N–H and O–H groups in total. The molecule has 0 aromatic rings. The second-order valence-corrected chi connectivity index (χ2v) is 8.69. The van der Waals surface area contributed by atoms with E-state index in [1.165, 1.54) is 32.1 Å². The minimum atomic E-state index is -2.37. The smallest absolute Gasteiger partial charge is 0.461 e. The first-order chi connectivity index (χ1) is 11.1. The van der Waals surface area contributed by atoms with E-state index in [0.29, 0.717) is 13.0 Å². The highest BCUT2D eigenvalue weighted by Gasteiger charge is 2.36. The molecule has 0 rings (SSSR count). The normalized spacial score (nSPS) is 11.4. The Morgan fingerprint density at radius 1 is 0.870 bits per heavy atom. The highest BCUT2D eigenvalue weighted by molar-refractivity contribution is 6.60. The largest absolute Gasteiger partial charge is 0.500 e. The number of rotatable bonds is 16. The lowest BCUT2D eigenvalue weighted by Crippen LogP contribution is -2.42. The van der Waals surface area contributed by atoms with Crippen molar-refractivity contribution in [3.05, 3.63) is 12.7 Å². The predicted octanol–water partition coefficient (Wildman–Crippen LogP) is 4.10. The lowest BCUT2D eigenvalue weighted by molar-refractivity contribution is -0.142. The molecule has 0 aromatic heterocycles. The van der Waals surface area contributed by atoms with Crippen LogP contribution in [0.4, 0.5) is 0 Å².